The topological polar surface area (TPSA) is 55.4 Å². The number of amides is 1. The van der Waals surface area contributed by atoms with Crippen molar-refractivity contribution in [2.24, 2.45) is 5.92 Å². The number of carbonyl (C=O) groups excluding carboxylic acids is 2. The number of aryl methyl sites for hydroxylation is 2. The van der Waals surface area contributed by atoms with E-state index >= 15 is 0 Å². The second kappa shape index (κ2) is 8.86. The van der Waals surface area contributed by atoms with Gasteiger partial charge in [-0.1, -0.05) is 55.8 Å². The van der Waals surface area contributed by atoms with E-state index in [1.165, 1.54) is 0 Å². The number of benzene rings is 2. The van der Waals surface area contributed by atoms with Crippen molar-refractivity contribution in [3.63, 3.8) is 0 Å². The first-order chi connectivity index (χ1) is 12.3. The van der Waals surface area contributed by atoms with E-state index in [-0.39, 0.29) is 18.4 Å². The molecule has 0 unspecified atom stereocenters. The molecule has 26 heavy (non-hydrogen) atoms. The summed E-state index contributed by atoms with van der Waals surface area (Å²) in [6.45, 7) is 7.41. The zero-order valence-corrected chi connectivity index (χ0v) is 16.3. The smallest absolute Gasteiger partial charge is 0.314 e. The highest BCUT2D eigenvalue weighted by atomic mass is 35.5. The third-order valence-electron chi connectivity index (χ3n) is 4.24. The third kappa shape index (κ3) is 5.09. The van der Waals surface area contributed by atoms with Gasteiger partial charge in [0.2, 0.25) is 0 Å². The Morgan fingerprint density at radius 1 is 1.04 bits per heavy atom. The van der Waals surface area contributed by atoms with Crippen LogP contribution in [0, 0.1) is 19.8 Å². The lowest BCUT2D eigenvalue weighted by atomic mass is 9.88. The highest BCUT2D eigenvalue weighted by Crippen LogP contribution is 2.27. The second-order valence-corrected chi connectivity index (χ2v) is 7.13. The van der Waals surface area contributed by atoms with Crippen molar-refractivity contribution in [2.45, 2.75) is 33.6 Å². The Balaban J connectivity index is 2.01. The van der Waals surface area contributed by atoms with Crippen molar-refractivity contribution < 1.29 is 14.3 Å². The van der Waals surface area contributed by atoms with Gasteiger partial charge in [0.05, 0.1) is 5.92 Å². The van der Waals surface area contributed by atoms with Crippen LogP contribution in [0.3, 0.4) is 0 Å². The fourth-order valence-electron chi connectivity index (χ4n) is 2.88. The van der Waals surface area contributed by atoms with Gasteiger partial charge in [0.25, 0.3) is 5.91 Å². The Hall–Kier alpha value is -2.33. The minimum absolute atomic E-state index is 0.0327. The fourth-order valence-corrected chi connectivity index (χ4v) is 3.00. The molecule has 2 aromatic carbocycles. The van der Waals surface area contributed by atoms with E-state index in [0.29, 0.717) is 5.02 Å². The summed E-state index contributed by atoms with van der Waals surface area (Å²) in [5.74, 6) is -1.18. The number of hydrogen-bond acceptors (Lipinski definition) is 3. The van der Waals surface area contributed by atoms with Gasteiger partial charge in [-0.25, -0.2) is 0 Å². The van der Waals surface area contributed by atoms with Gasteiger partial charge in [-0.05, 0) is 48.6 Å². The molecular formula is C21H24ClNO3. The molecule has 0 spiro atoms. The summed E-state index contributed by atoms with van der Waals surface area (Å²) in [6, 6.07) is 12.9. The lowest BCUT2D eigenvalue weighted by molar-refractivity contribution is -0.149. The summed E-state index contributed by atoms with van der Waals surface area (Å²) in [5, 5.41) is 3.42. The molecule has 4 nitrogen and oxygen atoms in total. The van der Waals surface area contributed by atoms with Crippen LogP contribution in [0.2, 0.25) is 5.02 Å². The van der Waals surface area contributed by atoms with Crippen LogP contribution in [-0.4, -0.2) is 18.5 Å². The fraction of sp³-hybridized carbons (Fsp3) is 0.333. The number of hydrogen-bond donors (Lipinski definition) is 1. The molecule has 0 aliphatic carbocycles. The molecular weight excluding hydrogens is 350 g/mol. The van der Waals surface area contributed by atoms with Crippen LogP contribution in [0.1, 0.15) is 36.5 Å². The molecule has 0 bridgehead atoms. The molecule has 2 rings (SSSR count). The Morgan fingerprint density at radius 2 is 1.62 bits per heavy atom. The van der Waals surface area contributed by atoms with Crippen molar-refractivity contribution in [3.05, 3.63) is 64.2 Å². The Labute approximate surface area is 159 Å². The maximum Gasteiger partial charge on any atom is 0.314 e. The van der Waals surface area contributed by atoms with Gasteiger partial charge in [-0.15, -0.1) is 0 Å². The molecule has 0 heterocycles. The Morgan fingerprint density at radius 3 is 2.15 bits per heavy atom. The summed E-state index contributed by atoms with van der Waals surface area (Å²) in [4.78, 5) is 24.7. The van der Waals surface area contributed by atoms with Gasteiger partial charge in [0, 0.05) is 10.7 Å². The zero-order chi connectivity index (χ0) is 19.3. The van der Waals surface area contributed by atoms with Crippen LogP contribution in [0.15, 0.2) is 42.5 Å². The maximum absolute atomic E-state index is 12.5. The van der Waals surface area contributed by atoms with E-state index in [2.05, 4.69) is 5.32 Å². The zero-order valence-electron chi connectivity index (χ0n) is 15.5. The summed E-state index contributed by atoms with van der Waals surface area (Å²) >= 11 is 5.91. The monoisotopic (exact) mass is 373 g/mol. The second-order valence-electron chi connectivity index (χ2n) is 6.70. The first-order valence-electron chi connectivity index (χ1n) is 8.57. The first kappa shape index (κ1) is 20.0. The predicted octanol–water partition coefficient (Wildman–Crippen LogP) is 4.88. The average molecular weight is 374 g/mol. The minimum Gasteiger partial charge on any atom is -0.455 e. The van der Waals surface area contributed by atoms with Crippen molar-refractivity contribution in [1.82, 2.24) is 0 Å². The molecule has 0 fully saturated rings. The summed E-state index contributed by atoms with van der Waals surface area (Å²) in [6.07, 6.45) is 0. The van der Waals surface area contributed by atoms with Crippen LogP contribution in [0.4, 0.5) is 5.69 Å². The molecule has 1 atom stereocenters. The normalized spacial score (nSPS) is 11.9. The molecule has 0 saturated carbocycles. The number of esters is 1. The Bertz CT molecular complexity index is 764. The molecule has 2 aromatic rings. The van der Waals surface area contributed by atoms with Crippen LogP contribution in [0.25, 0.3) is 0 Å². The average Bonchev–Trinajstić information content (AvgIpc) is 2.58. The van der Waals surface area contributed by atoms with Crippen LogP contribution in [0.5, 0.6) is 0 Å². The number of nitrogens with one attached hydrogen (secondary N) is 1. The molecule has 0 radical (unpaired) electrons. The maximum atomic E-state index is 12.5. The number of carbonyl (C=O) groups is 2. The number of halogens is 1. The number of rotatable bonds is 6. The van der Waals surface area contributed by atoms with Gasteiger partial charge >= 0.3 is 5.97 Å². The molecule has 0 aromatic heterocycles. The molecule has 1 amide bonds. The van der Waals surface area contributed by atoms with Crippen LogP contribution >= 0.6 is 11.6 Å². The summed E-state index contributed by atoms with van der Waals surface area (Å²) in [7, 11) is 0. The lowest BCUT2D eigenvalue weighted by Crippen LogP contribution is -2.26. The molecule has 0 aliphatic heterocycles. The molecule has 5 heteroatoms. The van der Waals surface area contributed by atoms with Crippen LogP contribution < -0.4 is 5.32 Å². The number of ether oxygens (including phenoxy) is 1. The SMILES string of the molecule is Cc1cccc(C)c1NC(=O)COC(=O)[C@@H](c1ccc(Cl)cc1)C(C)C. The van der Waals surface area contributed by atoms with Crippen molar-refractivity contribution in [3.8, 4) is 0 Å². The number of para-hydroxylation sites is 1. The van der Waals surface area contributed by atoms with E-state index < -0.39 is 11.9 Å². The van der Waals surface area contributed by atoms with Crippen molar-refractivity contribution >= 4 is 29.2 Å². The largest absolute Gasteiger partial charge is 0.455 e. The number of anilines is 1. The van der Waals surface area contributed by atoms with Gasteiger partial charge < -0.3 is 10.1 Å². The van der Waals surface area contributed by atoms with Crippen molar-refractivity contribution in [1.29, 1.82) is 0 Å². The first-order valence-corrected chi connectivity index (χ1v) is 8.95. The molecule has 138 valence electrons. The van der Waals surface area contributed by atoms with E-state index in [4.69, 9.17) is 16.3 Å². The van der Waals surface area contributed by atoms with E-state index in [1.54, 1.807) is 12.1 Å². The van der Waals surface area contributed by atoms with Crippen LogP contribution in [-0.2, 0) is 14.3 Å². The summed E-state index contributed by atoms with van der Waals surface area (Å²) in [5.41, 5.74) is 3.51. The molecule has 0 aliphatic rings. The van der Waals surface area contributed by atoms with E-state index in [1.807, 2.05) is 58.0 Å². The third-order valence-corrected chi connectivity index (χ3v) is 4.49. The Kier molecular flexibility index (Phi) is 6.81. The summed E-state index contributed by atoms with van der Waals surface area (Å²) < 4.78 is 5.28. The lowest BCUT2D eigenvalue weighted by Gasteiger charge is -2.20. The molecule has 0 saturated heterocycles. The van der Waals surface area contributed by atoms with Gasteiger partial charge in [-0.3, -0.25) is 9.59 Å². The van der Waals surface area contributed by atoms with Gasteiger partial charge in [0.1, 0.15) is 0 Å². The highest BCUT2D eigenvalue weighted by Gasteiger charge is 2.26. The molecule has 1 N–H and O–H groups in total. The highest BCUT2D eigenvalue weighted by molar-refractivity contribution is 6.30. The minimum atomic E-state index is -0.444. The quantitative estimate of drug-likeness (QED) is 0.734. The van der Waals surface area contributed by atoms with Gasteiger partial charge in [-0.2, -0.15) is 0 Å². The van der Waals surface area contributed by atoms with Crippen molar-refractivity contribution in [2.75, 3.05) is 11.9 Å². The van der Waals surface area contributed by atoms with E-state index in [9.17, 15) is 9.59 Å². The van der Waals surface area contributed by atoms with Gasteiger partial charge in [0.15, 0.2) is 6.61 Å². The standard InChI is InChI=1S/C21H24ClNO3/c1-13(2)19(16-8-10-17(22)11-9-16)21(25)26-12-18(24)23-20-14(3)6-5-7-15(20)4/h5-11,13,19H,12H2,1-4H3,(H,23,24)/t19-/m1/s1. The van der Waals surface area contributed by atoms with E-state index in [0.717, 1.165) is 22.4 Å². The predicted molar refractivity (Wildman–Crippen MR) is 105 cm³/mol.